The third-order valence-electron chi connectivity index (χ3n) is 5.53. The van der Waals surface area contributed by atoms with Crippen molar-refractivity contribution in [2.24, 2.45) is 5.10 Å². The lowest BCUT2D eigenvalue weighted by Crippen LogP contribution is -2.24. The summed E-state index contributed by atoms with van der Waals surface area (Å²) in [5, 5.41) is 7.00. The number of thioether (sulfide) groups is 1. The Hall–Kier alpha value is -4.21. The van der Waals surface area contributed by atoms with Gasteiger partial charge in [-0.05, 0) is 47.5 Å². The Kier molecular flexibility index (Phi) is 7.43. The number of amides is 1. The average Bonchev–Trinajstić information content (AvgIpc) is 3.38. The highest BCUT2D eigenvalue weighted by atomic mass is 32.2. The Bertz CT molecular complexity index is 1610. The number of hydrazone groups is 1. The van der Waals surface area contributed by atoms with Crippen molar-refractivity contribution in [1.29, 1.82) is 0 Å². The van der Waals surface area contributed by atoms with E-state index >= 15 is 0 Å². The monoisotopic (exact) mass is 526 g/mol. The highest BCUT2D eigenvalue weighted by Gasteiger charge is 2.19. The van der Waals surface area contributed by atoms with Crippen LogP contribution in [0, 0.1) is 0 Å². The summed E-state index contributed by atoms with van der Waals surface area (Å²) in [4.78, 5) is 31.7. The minimum Gasteiger partial charge on any atom is -0.497 e. The van der Waals surface area contributed by atoms with Gasteiger partial charge in [-0.25, -0.2) is 10.4 Å². The molecule has 0 unspecified atom stereocenters. The molecule has 0 bridgehead atoms. The third-order valence-corrected chi connectivity index (χ3v) is 7.34. The molecule has 0 saturated carbocycles. The number of hydrogen-bond donors (Lipinski definition) is 1. The molecule has 0 atom stereocenters. The van der Waals surface area contributed by atoms with Crippen molar-refractivity contribution in [3.63, 3.8) is 0 Å². The van der Waals surface area contributed by atoms with Gasteiger partial charge in [-0.3, -0.25) is 14.2 Å². The summed E-state index contributed by atoms with van der Waals surface area (Å²) in [6, 6.07) is 26.4. The van der Waals surface area contributed by atoms with Gasteiger partial charge in [0.2, 0.25) is 0 Å². The smallest absolute Gasteiger partial charge is 0.268 e. The van der Waals surface area contributed by atoms with Crippen LogP contribution in [0.5, 0.6) is 5.75 Å². The van der Waals surface area contributed by atoms with Crippen LogP contribution in [-0.2, 0) is 4.79 Å². The zero-order valence-electron chi connectivity index (χ0n) is 19.8. The van der Waals surface area contributed by atoms with Gasteiger partial charge in [0, 0.05) is 10.9 Å². The van der Waals surface area contributed by atoms with Gasteiger partial charge in [-0.15, -0.1) is 11.3 Å². The van der Waals surface area contributed by atoms with E-state index in [0.29, 0.717) is 21.1 Å². The van der Waals surface area contributed by atoms with Crippen LogP contribution in [0.2, 0.25) is 0 Å². The van der Waals surface area contributed by atoms with Crippen LogP contribution in [0.25, 0.3) is 27.0 Å². The van der Waals surface area contributed by atoms with Crippen LogP contribution in [0.3, 0.4) is 0 Å². The molecule has 2 aromatic heterocycles. The lowest BCUT2D eigenvalue weighted by atomic mass is 10.1. The molecule has 37 heavy (non-hydrogen) atoms. The number of nitrogens with one attached hydrogen (secondary N) is 1. The minimum absolute atomic E-state index is 0.0433. The largest absolute Gasteiger partial charge is 0.497 e. The van der Waals surface area contributed by atoms with Crippen LogP contribution >= 0.6 is 23.1 Å². The summed E-state index contributed by atoms with van der Waals surface area (Å²) in [7, 11) is 1.60. The van der Waals surface area contributed by atoms with Crippen LogP contribution in [-0.4, -0.2) is 34.5 Å². The summed E-state index contributed by atoms with van der Waals surface area (Å²) in [5.41, 5.74) is 5.69. The summed E-state index contributed by atoms with van der Waals surface area (Å²) in [6.07, 6.45) is 1.56. The van der Waals surface area contributed by atoms with E-state index in [4.69, 9.17) is 9.72 Å². The molecule has 184 valence electrons. The lowest BCUT2D eigenvalue weighted by Gasteiger charge is -2.12. The highest BCUT2D eigenvalue weighted by molar-refractivity contribution is 7.99. The molecule has 2 heterocycles. The fourth-order valence-corrected chi connectivity index (χ4v) is 5.53. The molecule has 5 aromatic rings. The molecular weight excluding hydrogens is 504 g/mol. The van der Waals surface area contributed by atoms with E-state index in [-0.39, 0.29) is 17.2 Å². The molecule has 0 saturated heterocycles. The van der Waals surface area contributed by atoms with Gasteiger partial charge in [-0.2, -0.15) is 5.10 Å². The van der Waals surface area contributed by atoms with E-state index < -0.39 is 0 Å². The Labute approximate surface area is 221 Å². The molecule has 0 aliphatic rings. The fraction of sp³-hybridized carbons (Fsp3) is 0.0714. The van der Waals surface area contributed by atoms with Crippen LogP contribution in [0.4, 0.5) is 0 Å². The summed E-state index contributed by atoms with van der Waals surface area (Å²) >= 11 is 2.61. The molecule has 1 N–H and O–H groups in total. The fourth-order valence-electron chi connectivity index (χ4n) is 3.74. The molecular formula is C28H22N4O3S2. The van der Waals surface area contributed by atoms with Crippen molar-refractivity contribution in [2.45, 2.75) is 5.16 Å². The van der Waals surface area contributed by atoms with Gasteiger partial charge in [0.25, 0.3) is 11.5 Å². The molecule has 0 radical (unpaired) electrons. The average molecular weight is 527 g/mol. The number of carbonyl (C=O) groups excluding carboxylic acids is 1. The van der Waals surface area contributed by atoms with Crippen molar-refractivity contribution >= 4 is 45.4 Å². The van der Waals surface area contributed by atoms with Crippen molar-refractivity contribution in [3.05, 3.63) is 106 Å². The second kappa shape index (κ2) is 11.2. The highest BCUT2D eigenvalue weighted by Crippen LogP contribution is 2.32. The van der Waals surface area contributed by atoms with Crippen molar-refractivity contribution in [3.8, 4) is 22.6 Å². The second-order valence-electron chi connectivity index (χ2n) is 7.92. The van der Waals surface area contributed by atoms with Gasteiger partial charge in [-0.1, -0.05) is 60.3 Å². The zero-order valence-corrected chi connectivity index (χ0v) is 21.5. The van der Waals surface area contributed by atoms with Crippen molar-refractivity contribution in [2.75, 3.05) is 12.9 Å². The maximum atomic E-state index is 13.8. The summed E-state index contributed by atoms with van der Waals surface area (Å²) in [5.74, 6) is 0.481. The van der Waals surface area contributed by atoms with Gasteiger partial charge >= 0.3 is 0 Å². The molecule has 0 fully saturated rings. The normalized spacial score (nSPS) is 11.2. The molecule has 7 nitrogen and oxygen atoms in total. The van der Waals surface area contributed by atoms with E-state index in [2.05, 4.69) is 10.5 Å². The van der Waals surface area contributed by atoms with E-state index in [1.165, 1.54) is 23.1 Å². The van der Waals surface area contributed by atoms with Crippen LogP contribution in [0.1, 0.15) is 5.56 Å². The number of benzene rings is 3. The molecule has 9 heteroatoms. The number of fused-ring (bicyclic) bond motifs is 1. The van der Waals surface area contributed by atoms with E-state index in [9.17, 15) is 9.59 Å². The minimum atomic E-state index is -0.306. The first-order valence-electron chi connectivity index (χ1n) is 11.4. The first kappa shape index (κ1) is 24.5. The summed E-state index contributed by atoms with van der Waals surface area (Å²) in [6.45, 7) is 0. The van der Waals surface area contributed by atoms with Gasteiger partial charge in [0.15, 0.2) is 5.16 Å². The first-order valence-corrected chi connectivity index (χ1v) is 13.2. The molecule has 0 spiro atoms. The molecule has 0 aliphatic heterocycles. The molecule has 5 rings (SSSR count). The standard InChI is InChI=1S/C28H22N4O3S2/c1-35-22-14-12-19(13-15-22)16-29-31-24(33)18-37-28-30-26-25(23(17-36-26)20-8-4-2-5-9-20)27(34)32(28)21-10-6-3-7-11-21/h2-17H,18H2,1H3,(H,31,33)/b29-16+. The number of thiophene rings is 1. The Morgan fingerprint density at radius 3 is 2.46 bits per heavy atom. The lowest BCUT2D eigenvalue weighted by molar-refractivity contribution is -0.118. The Morgan fingerprint density at radius 2 is 1.76 bits per heavy atom. The van der Waals surface area contributed by atoms with E-state index in [1.54, 1.807) is 17.9 Å². The number of ether oxygens (including phenoxy) is 1. The van der Waals surface area contributed by atoms with Gasteiger partial charge in [0.1, 0.15) is 10.6 Å². The number of methoxy groups -OCH3 is 1. The number of nitrogens with zero attached hydrogens (tertiary/aromatic N) is 3. The van der Waals surface area contributed by atoms with Gasteiger partial charge in [0.05, 0.1) is 30.2 Å². The predicted octanol–water partition coefficient (Wildman–Crippen LogP) is 5.37. The van der Waals surface area contributed by atoms with Crippen LogP contribution in [0.15, 0.2) is 105 Å². The number of para-hydroxylation sites is 1. The van der Waals surface area contributed by atoms with Crippen molar-refractivity contribution in [1.82, 2.24) is 15.0 Å². The molecule has 1 amide bonds. The number of carbonyl (C=O) groups is 1. The first-order chi connectivity index (χ1) is 18.1. The van der Waals surface area contributed by atoms with Crippen molar-refractivity contribution < 1.29 is 9.53 Å². The number of rotatable bonds is 8. The predicted molar refractivity (Wildman–Crippen MR) is 150 cm³/mol. The Balaban J connectivity index is 1.41. The SMILES string of the molecule is COc1ccc(/C=N/NC(=O)CSc2nc3scc(-c4ccccc4)c3c(=O)n2-c2ccccc2)cc1. The number of aromatic nitrogens is 2. The topological polar surface area (TPSA) is 85.6 Å². The maximum Gasteiger partial charge on any atom is 0.268 e. The van der Waals surface area contributed by atoms with Gasteiger partial charge < -0.3 is 4.74 Å². The Morgan fingerprint density at radius 1 is 1.05 bits per heavy atom. The molecule has 3 aromatic carbocycles. The van der Waals surface area contributed by atoms with E-state index in [1.807, 2.05) is 90.3 Å². The zero-order chi connectivity index (χ0) is 25.6. The van der Waals surface area contributed by atoms with Crippen LogP contribution < -0.4 is 15.7 Å². The van der Waals surface area contributed by atoms with E-state index in [0.717, 1.165) is 22.4 Å². The second-order valence-corrected chi connectivity index (χ2v) is 9.72. The maximum absolute atomic E-state index is 13.8. The third kappa shape index (κ3) is 5.47. The quantitative estimate of drug-likeness (QED) is 0.127. The molecule has 0 aliphatic carbocycles. The summed E-state index contributed by atoms with van der Waals surface area (Å²) < 4.78 is 6.71. The number of hydrogen-bond acceptors (Lipinski definition) is 7.